The first kappa shape index (κ1) is 11.6. The third-order valence-electron chi connectivity index (χ3n) is 3.30. The lowest BCUT2D eigenvalue weighted by atomic mass is 9.96. The second-order valence-electron chi connectivity index (χ2n) is 4.51. The minimum Gasteiger partial charge on any atom is -0.368 e. The Hall–Kier alpha value is -0.900. The number of nitrogens with zero attached hydrogens (tertiary/aromatic N) is 1. The highest BCUT2D eigenvalue weighted by atomic mass is 16.5. The van der Waals surface area contributed by atoms with Crippen LogP contribution in [0.2, 0.25) is 0 Å². The second kappa shape index (κ2) is 5.43. The van der Waals surface area contributed by atoms with Gasteiger partial charge in [-0.15, -0.1) is 0 Å². The van der Waals surface area contributed by atoms with Crippen molar-refractivity contribution in [3.8, 4) is 0 Å². The molecule has 0 saturated carbocycles. The summed E-state index contributed by atoms with van der Waals surface area (Å²) in [5, 5.41) is 18.2. The van der Waals surface area contributed by atoms with Gasteiger partial charge in [-0.05, 0) is 31.5 Å². The van der Waals surface area contributed by atoms with E-state index in [1.165, 1.54) is 5.56 Å². The fraction of sp³-hybridized carbons (Fsp3) is 0.538. The van der Waals surface area contributed by atoms with Crippen LogP contribution in [0.5, 0.6) is 0 Å². The number of hydrogen-bond acceptors (Lipinski definition) is 3. The van der Waals surface area contributed by atoms with E-state index in [1.807, 2.05) is 6.07 Å². The fourth-order valence-corrected chi connectivity index (χ4v) is 2.25. The Labute approximate surface area is 96.3 Å². The van der Waals surface area contributed by atoms with Crippen LogP contribution in [0.15, 0.2) is 30.3 Å². The van der Waals surface area contributed by atoms with Crippen molar-refractivity contribution in [3.63, 3.8) is 0 Å². The Kier molecular flexibility index (Phi) is 3.93. The van der Waals surface area contributed by atoms with Gasteiger partial charge in [0.05, 0.1) is 0 Å². The van der Waals surface area contributed by atoms with E-state index in [2.05, 4.69) is 29.2 Å². The average Bonchev–Trinajstić information content (AvgIpc) is 2.31. The standard InChI is InChI=1S/C13H19NO2/c15-13(16)12-6-8-14(9-7-12)10-11-4-2-1-3-5-11/h1-5,12-13,15-16H,6-10H2. The summed E-state index contributed by atoms with van der Waals surface area (Å²) in [4.78, 5) is 2.37. The van der Waals surface area contributed by atoms with Crippen molar-refractivity contribution in [1.82, 2.24) is 4.90 Å². The third kappa shape index (κ3) is 3.04. The minimum absolute atomic E-state index is 0.0621. The van der Waals surface area contributed by atoms with E-state index >= 15 is 0 Å². The minimum atomic E-state index is -1.14. The molecule has 3 heteroatoms. The predicted octanol–water partition coefficient (Wildman–Crippen LogP) is 1.21. The molecule has 2 N–H and O–H groups in total. The molecule has 0 radical (unpaired) electrons. The first-order valence-electron chi connectivity index (χ1n) is 5.88. The Balaban J connectivity index is 1.82. The third-order valence-corrected chi connectivity index (χ3v) is 3.30. The van der Waals surface area contributed by atoms with Crippen molar-refractivity contribution in [1.29, 1.82) is 0 Å². The van der Waals surface area contributed by atoms with Crippen LogP contribution in [0.3, 0.4) is 0 Å². The van der Waals surface area contributed by atoms with Crippen LogP contribution in [0.1, 0.15) is 18.4 Å². The molecule has 88 valence electrons. The van der Waals surface area contributed by atoms with Gasteiger partial charge in [-0.1, -0.05) is 30.3 Å². The maximum Gasteiger partial charge on any atom is 0.154 e. The molecule has 0 unspecified atom stereocenters. The highest BCUT2D eigenvalue weighted by Gasteiger charge is 2.23. The van der Waals surface area contributed by atoms with Crippen molar-refractivity contribution in [2.24, 2.45) is 5.92 Å². The monoisotopic (exact) mass is 221 g/mol. The van der Waals surface area contributed by atoms with Crippen molar-refractivity contribution in [2.75, 3.05) is 13.1 Å². The predicted molar refractivity (Wildman–Crippen MR) is 62.7 cm³/mol. The molecule has 0 amide bonds. The van der Waals surface area contributed by atoms with Gasteiger partial charge < -0.3 is 10.2 Å². The maximum absolute atomic E-state index is 9.09. The molecule has 0 aromatic heterocycles. The van der Waals surface area contributed by atoms with Crippen LogP contribution in [-0.2, 0) is 6.54 Å². The Morgan fingerprint density at radius 3 is 2.31 bits per heavy atom. The molecule has 16 heavy (non-hydrogen) atoms. The van der Waals surface area contributed by atoms with Crippen molar-refractivity contribution >= 4 is 0 Å². The van der Waals surface area contributed by atoms with Crippen LogP contribution < -0.4 is 0 Å². The Bertz CT molecular complexity index is 305. The van der Waals surface area contributed by atoms with Gasteiger partial charge in [-0.3, -0.25) is 4.90 Å². The summed E-state index contributed by atoms with van der Waals surface area (Å²) in [5.74, 6) is 0.0621. The lowest BCUT2D eigenvalue weighted by Crippen LogP contribution is -2.37. The molecule has 0 bridgehead atoms. The lowest BCUT2D eigenvalue weighted by molar-refractivity contribution is -0.0985. The van der Waals surface area contributed by atoms with Crippen LogP contribution in [0, 0.1) is 5.92 Å². The molecule has 1 fully saturated rings. The summed E-state index contributed by atoms with van der Waals surface area (Å²) in [6.07, 6.45) is 0.619. The number of hydrogen-bond donors (Lipinski definition) is 2. The number of piperidine rings is 1. The van der Waals surface area contributed by atoms with E-state index in [4.69, 9.17) is 10.2 Å². The first-order chi connectivity index (χ1) is 7.75. The van der Waals surface area contributed by atoms with Gasteiger partial charge in [0, 0.05) is 12.5 Å². The van der Waals surface area contributed by atoms with Gasteiger partial charge in [-0.25, -0.2) is 0 Å². The molecule has 1 saturated heterocycles. The van der Waals surface area contributed by atoms with Gasteiger partial charge in [0.15, 0.2) is 6.29 Å². The lowest BCUT2D eigenvalue weighted by Gasteiger charge is -2.32. The molecule has 0 atom stereocenters. The van der Waals surface area contributed by atoms with E-state index in [1.54, 1.807) is 0 Å². The number of likely N-dealkylation sites (tertiary alicyclic amines) is 1. The molecule has 1 heterocycles. The summed E-state index contributed by atoms with van der Waals surface area (Å²) in [6, 6.07) is 10.4. The van der Waals surface area contributed by atoms with E-state index in [0.717, 1.165) is 32.5 Å². The molecule has 3 nitrogen and oxygen atoms in total. The highest BCUT2D eigenvalue weighted by molar-refractivity contribution is 5.14. The van der Waals surface area contributed by atoms with Crippen molar-refractivity contribution in [2.45, 2.75) is 25.7 Å². The SMILES string of the molecule is OC(O)C1CCN(Cc2ccccc2)CC1. The number of aliphatic hydroxyl groups excluding tert-OH is 1. The van der Waals surface area contributed by atoms with E-state index < -0.39 is 6.29 Å². The Morgan fingerprint density at radius 2 is 1.75 bits per heavy atom. The van der Waals surface area contributed by atoms with Crippen LogP contribution >= 0.6 is 0 Å². The molecule has 2 rings (SSSR count). The van der Waals surface area contributed by atoms with E-state index in [0.29, 0.717) is 0 Å². The van der Waals surface area contributed by atoms with Crippen LogP contribution in [-0.4, -0.2) is 34.5 Å². The fourth-order valence-electron chi connectivity index (χ4n) is 2.25. The number of rotatable bonds is 3. The summed E-state index contributed by atoms with van der Waals surface area (Å²) < 4.78 is 0. The Morgan fingerprint density at radius 1 is 1.12 bits per heavy atom. The van der Waals surface area contributed by atoms with Gasteiger partial charge in [0.25, 0.3) is 0 Å². The van der Waals surface area contributed by atoms with Gasteiger partial charge in [0.1, 0.15) is 0 Å². The van der Waals surface area contributed by atoms with Gasteiger partial charge >= 0.3 is 0 Å². The number of benzene rings is 1. The normalized spacial score (nSPS) is 19.2. The molecule has 1 aromatic carbocycles. The molecule has 0 spiro atoms. The number of aliphatic hydroxyl groups is 2. The van der Waals surface area contributed by atoms with Crippen molar-refractivity contribution in [3.05, 3.63) is 35.9 Å². The van der Waals surface area contributed by atoms with Crippen molar-refractivity contribution < 1.29 is 10.2 Å². The summed E-state index contributed by atoms with van der Waals surface area (Å²) in [7, 11) is 0. The van der Waals surface area contributed by atoms with E-state index in [9.17, 15) is 0 Å². The molecule has 1 aromatic rings. The zero-order chi connectivity index (χ0) is 11.4. The highest BCUT2D eigenvalue weighted by Crippen LogP contribution is 2.20. The summed E-state index contributed by atoms with van der Waals surface area (Å²) >= 11 is 0. The maximum atomic E-state index is 9.09. The van der Waals surface area contributed by atoms with Crippen LogP contribution in [0.25, 0.3) is 0 Å². The summed E-state index contributed by atoms with van der Waals surface area (Å²) in [5.41, 5.74) is 1.32. The zero-order valence-corrected chi connectivity index (χ0v) is 9.42. The van der Waals surface area contributed by atoms with Crippen LogP contribution in [0.4, 0.5) is 0 Å². The molecular weight excluding hydrogens is 202 g/mol. The quantitative estimate of drug-likeness (QED) is 0.754. The second-order valence-corrected chi connectivity index (χ2v) is 4.51. The van der Waals surface area contributed by atoms with Gasteiger partial charge in [0.2, 0.25) is 0 Å². The smallest absolute Gasteiger partial charge is 0.154 e. The topological polar surface area (TPSA) is 43.7 Å². The van der Waals surface area contributed by atoms with E-state index in [-0.39, 0.29) is 5.92 Å². The largest absolute Gasteiger partial charge is 0.368 e. The molecule has 1 aliphatic heterocycles. The molecule has 0 aliphatic carbocycles. The molecule has 1 aliphatic rings. The zero-order valence-electron chi connectivity index (χ0n) is 9.42. The van der Waals surface area contributed by atoms with Gasteiger partial charge in [-0.2, -0.15) is 0 Å². The summed E-state index contributed by atoms with van der Waals surface area (Å²) in [6.45, 7) is 2.88. The average molecular weight is 221 g/mol. The first-order valence-corrected chi connectivity index (χ1v) is 5.88. The molecular formula is C13H19NO2.